The van der Waals surface area contributed by atoms with Crippen LogP contribution in [0.4, 0.5) is 0 Å². The van der Waals surface area contributed by atoms with Gasteiger partial charge in [0.2, 0.25) is 0 Å². The molecule has 1 saturated heterocycles. The van der Waals surface area contributed by atoms with Gasteiger partial charge in [-0.05, 0) is 19.8 Å². The molecule has 0 aromatic rings. The van der Waals surface area contributed by atoms with Crippen molar-refractivity contribution in [2.24, 2.45) is 16.6 Å². The van der Waals surface area contributed by atoms with Crippen LogP contribution < -0.4 is 5.73 Å². The maximum atomic E-state index is 5.78. The Hall–Kier alpha value is -0.570. The van der Waals surface area contributed by atoms with Gasteiger partial charge in [-0.3, -0.25) is 4.99 Å². The second-order valence-corrected chi connectivity index (χ2v) is 4.00. The van der Waals surface area contributed by atoms with E-state index in [1.807, 2.05) is 0 Å². The topological polar surface area (TPSA) is 47.6 Å². The van der Waals surface area contributed by atoms with Crippen molar-refractivity contribution in [3.63, 3.8) is 0 Å². The third-order valence-electron chi connectivity index (χ3n) is 2.45. The molecule has 1 heterocycles. The van der Waals surface area contributed by atoms with Gasteiger partial charge in [-0.25, -0.2) is 0 Å². The first-order chi connectivity index (χ1) is 6.11. The number of ether oxygens (including phenoxy) is 1. The lowest BCUT2D eigenvalue weighted by molar-refractivity contribution is 0.0952. The molecule has 0 aliphatic carbocycles. The monoisotopic (exact) mass is 184 g/mol. The van der Waals surface area contributed by atoms with Crippen LogP contribution in [0.5, 0.6) is 0 Å². The van der Waals surface area contributed by atoms with Gasteiger partial charge in [0.1, 0.15) is 0 Å². The van der Waals surface area contributed by atoms with Crippen molar-refractivity contribution >= 4 is 5.84 Å². The molecule has 1 fully saturated rings. The van der Waals surface area contributed by atoms with Crippen LogP contribution >= 0.6 is 0 Å². The predicted octanol–water partition coefficient (Wildman–Crippen LogP) is 1.57. The Bertz CT molecular complexity index is 183. The van der Waals surface area contributed by atoms with Gasteiger partial charge >= 0.3 is 0 Å². The van der Waals surface area contributed by atoms with Crippen LogP contribution in [-0.4, -0.2) is 24.6 Å². The number of aliphatic imine (C=N–C) groups is 1. The molecule has 0 radical (unpaired) electrons. The highest BCUT2D eigenvalue weighted by molar-refractivity contribution is 5.82. The van der Waals surface area contributed by atoms with Gasteiger partial charge in [0.25, 0.3) is 0 Å². The summed E-state index contributed by atoms with van der Waals surface area (Å²) in [5.74, 6) is 1.08. The van der Waals surface area contributed by atoms with Crippen molar-refractivity contribution in [3.8, 4) is 0 Å². The minimum atomic E-state index is 0.213. The highest BCUT2D eigenvalue weighted by atomic mass is 16.5. The van der Waals surface area contributed by atoms with E-state index in [1.54, 1.807) is 0 Å². The number of amidine groups is 1. The molecule has 13 heavy (non-hydrogen) atoms. The molecule has 1 aliphatic heterocycles. The normalized spacial score (nSPS) is 26.8. The molecule has 76 valence electrons. The molecular weight excluding hydrogens is 164 g/mol. The summed E-state index contributed by atoms with van der Waals surface area (Å²) in [5, 5.41) is 0. The third-order valence-corrected chi connectivity index (χ3v) is 2.45. The van der Waals surface area contributed by atoms with E-state index in [4.69, 9.17) is 10.5 Å². The average Bonchev–Trinajstić information content (AvgIpc) is 2.55. The van der Waals surface area contributed by atoms with Crippen molar-refractivity contribution in [2.45, 2.75) is 45.8 Å². The van der Waals surface area contributed by atoms with Crippen LogP contribution in [0.1, 0.15) is 33.6 Å². The number of rotatable bonds is 3. The molecule has 2 atom stereocenters. The average molecular weight is 184 g/mol. The molecule has 0 spiro atoms. The first kappa shape index (κ1) is 10.5. The van der Waals surface area contributed by atoms with E-state index in [0.29, 0.717) is 5.92 Å². The molecule has 0 saturated carbocycles. The minimum absolute atomic E-state index is 0.213. The smallest absolute Gasteiger partial charge is 0.0967 e. The SMILES string of the molecule is CC(C)C(N)=NC(C)C1CCCO1. The van der Waals surface area contributed by atoms with E-state index in [-0.39, 0.29) is 12.1 Å². The second kappa shape index (κ2) is 4.61. The quantitative estimate of drug-likeness (QED) is 0.534. The summed E-state index contributed by atoms with van der Waals surface area (Å²) < 4.78 is 5.53. The Morgan fingerprint density at radius 1 is 1.46 bits per heavy atom. The Labute approximate surface area is 80.4 Å². The number of hydrogen-bond acceptors (Lipinski definition) is 2. The van der Waals surface area contributed by atoms with Gasteiger partial charge in [-0.1, -0.05) is 13.8 Å². The van der Waals surface area contributed by atoms with E-state index in [2.05, 4.69) is 25.8 Å². The standard InChI is InChI=1S/C10H20N2O/c1-7(2)10(11)12-8(3)9-5-4-6-13-9/h7-9H,4-6H2,1-3H3,(H2,11,12). The molecule has 0 bridgehead atoms. The highest BCUT2D eigenvalue weighted by Crippen LogP contribution is 2.17. The molecule has 2 unspecified atom stereocenters. The van der Waals surface area contributed by atoms with Gasteiger partial charge in [0, 0.05) is 12.5 Å². The van der Waals surface area contributed by atoms with Gasteiger partial charge in [0.05, 0.1) is 18.0 Å². The molecule has 3 nitrogen and oxygen atoms in total. The lowest BCUT2D eigenvalue weighted by atomic mass is 10.1. The van der Waals surface area contributed by atoms with Crippen molar-refractivity contribution in [1.29, 1.82) is 0 Å². The van der Waals surface area contributed by atoms with Crippen molar-refractivity contribution in [2.75, 3.05) is 6.61 Å². The molecule has 0 amide bonds. The van der Waals surface area contributed by atoms with Gasteiger partial charge in [0.15, 0.2) is 0 Å². The Morgan fingerprint density at radius 3 is 2.62 bits per heavy atom. The number of nitrogens with two attached hydrogens (primary N) is 1. The zero-order valence-corrected chi connectivity index (χ0v) is 8.79. The summed E-state index contributed by atoms with van der Waals surface area (Å²) in [6, 6.07) is 0.213. The van der Waals surface area contributed by atoms with E-state index >= 15 is 0 Å². The van der Waals surface area contributed by atoms with E-state index in [1.165, 1.54) is 0 Å². The summed E-state index contributed by atoms with van der Waals surface area (Å²) in [6.45, 7) is 7.07. The summed E-state index contributed by atoms with van der Waals surface area (Å²) in [7, 11) is 0. The molecular formula is C10H20N2O. The molecule has 0 aromatic heterocycles. The second-order valence-electron chi connectivity index (χ2n) is 4.00. The molecule has 3 heteroatoms. The first-order valence-corrected chi connectivity index (χ1v) is 5.06. The fraction of sp³-hybridized carbons (Fsp3) is 0.900. The highest BCUT2D eigenvalue weighted by Gasteiger charge is 2.22. The third kappa shape index (κ3) is 2.99. The lowest BCUT2D eigenvalue weighted by Gasteiger charge is -2.16. The van der Waals surface area contributed by atoms with Gasteiger partial charge in [-0.15, -0.1) is 0 Å². The predicted molar refractivity (Wildman–Crippen MR) is 54.9 cm³/mol. The van der Waals surface area contributed by atoms with Gasteiger partial charge in [-0.2, -0.15) is 0 Å². The fourth-order valence-electron chi connectivity index (χ4n) is 1.45. The first-order valence-electron chi connectivity index (χ1n) is 5.06. The van der Waals surface area contributed by atoms with Crippen molar-refractivity contribution in [1.82, 2.24) is 0 Å². The van der Waals surface area contributed by atoms with Crippen molar-refractivity contribution < 1.29 is 4.74 Å². The van der Waals surface area contributed by atoms with Crippen LogP contribution in [0.2, 0.25) is 0 Å². The van der Waals surface area contributed by atoms with Crippen LogP contribution in [0.15, 0.2) is 4.99 Å². The van der Waals surface area contributed by atoms with Crippen LogP contribution in [0.25, 0.3) is 0 Å². The largest absolute Gasteiger partial charge is 0.387 e. The molecule has 2 N–H and O–H groups in total. The Balaban J connectivity index is 2.47. The van der Waals surface area contributed by atoms with Gasteiger partial charge < -0.3 is 10.5 Å². The zero-order valence-electron chi connectivity index (χ0n) is 8.79. The maximum absolute atomic E-state index is 5.78. The van der Waals surface area contributed by atoms with E-state index in [0.717, 1.165) is 25.3 Å². The Morgan fingerprint density at radius 2 is 2.15 bits per heavy atom. The minimum Gasteiger partial charge on any atom is -0.387 e. The lowest BCUT2D eigenvalue weighted by Crippen LogP contribution is -2.27. The Kier molecular flexibility index (Phi) is 3.72. The van der Waals surface area contributed by atoms with Crippen LogP contribution in [0, 0.1) is 5.92 Å². The van der Waals surface area contributed by atoms with Crippen LogP contribution in [0.3, 0.4) is 0 Å². The maximum Gasteiger partial charge on any atom is 0.0967 e. The number of nitrogens with zero attached hydrogens (tertiary/aromatic N) is 1. The molecule has 1 rings (SSSR count). The van der Waals surface area contributed by atoms with E-state index < -0.39 is 0 Å². The molecule has 0 aromatic carbocycles. The van der Waals surface area contributed by atoms with Crippen molar-refractivity contribution in [3.05, 3.63) is 0 Å². The number of hydrogen-bond donors (Lipinski definition) is 1. The zero-order chi connectivity index (χ0) is 9.84. The summed E-state index contributed by atoms with van der Waals surface area (Å²) in [6.07, 6.45) is 2.57. The summed E-state index contributed by atoms with van der Waals surface area (Å²) in [5.41, 5.74) is 5.78. The fourth-order valence-corrected chi connectivity index (χ4v) is 1.45. The molecule has 1 aliphatic rings. The van der Waals surface area contributed by atoms with E-state index in [9.17, 15) is 0 Å². The summed E-state index contributed by atoms with van der Waals surface area (Å²) >= 11 is 0. The summed E-state index contributed by atoms with van der Waals surface area (Å²) in [4.78, 5) is 4.43. The van der Waals surface area contributed by atoms with Crippen LogP contribution in [-0.2, 0) is 4.74 Å².